The molecule has 0 aromatic rings. The fourth-order valence-corrected chi connectivity index (χ4v) is 2.41. The van der Waals surface area contributed by atoms with Gasteiger partial charge < -0.3 is 15.0 Å². The molecule has 0 amide bonds. The summed E-state index contributed by atoms with van der Waals surface area (Å²) in [5.74, 6) is 0. The first-order valence-electron chi connectivity index (χ1n) is 7.64. The maximum Gasteiger partial charge on any atom is 0.0547 e. The second-order valence-electron chi connectivity index (χ2n) is 7.93. The number of ether oxygens (including phenoxy) is 1. The summed E-state index contributed by atoms with van der Waals surface area (Å²) in [5, 5.41) is 3.67. The topological polar surface area (TPSA) is 24.5 Å². The lowest BCUT2D eigenvalue weighted by molar-refractivity contribution is 0.0637. The summed E-state index contributed by atoms with van der Waals surface area (Å²) in [6.07, 6.45) is 2.34. The van der Waals surface area contributed by atoms with Crippen molar-refractivity contribution in [3.05, 3.63) is 0 Å². The zero-order valence-electron chi connectivity index (χ0n) is 14.1. The van der Waals surface area contributed by atoms with Crippen molar-refractivity contribution in [2.45, 2.75) is 65.5 Å². The van der Waals surface area contributed by atoms with Gasteiger partial charge in [-0.1, -0.05) is 6.92 Å². The molecule has 0 aliphatic carbocycles. The molecule has 0 aromatic carbocycles. The molecule has 3 nitrogen and oxygen atoms in total. The van der Waals surface area contributed by atoms with Gasteiger partial charge in [0.1, 0.15) is 0 Å². The molecular formula is C16H34N2O. The van der Waals surface area contributed by atoms with Crippen LogP contribution in [-0.4, -0.2) is 49.3 Å². The van der Waals surface area contributed by atoms with Gasteiger partial charge in [-0.15, -0.1) is 0 Å². The fraction of sp³-hybridized carbons (Fsp3) is 1.00. The Kier molecular flexibility index (Phi) is 5.44. The predicted octanol–water partition coefficient (Wildman–Crippen LogP) is 2.90. The van der Waals surface area contributed by atoms with E-state index >= 15 is 0 Å². The molecule has 1 N–H and O–H groups in total. The number of nitrogens with one attached hydrogen (secondary N) is 1. The summed E-state index contributed by atoms with van der Waals surface area (Å²) in [6, 6.07) is 0. The van der Waals surface area contributed by atoms with Crippen LogP contribution in [0.4, 0.5) is 0 Å². The Morgan fingerprint density at radius 2 is 1.84 bits per heavy atom. The molecule has 0 radical (unpaired) electrons. The van der Waals surface area contributed by atoms with Crippen molar-refractivity contribution >= 4 is 0 Å². The molecular weight excluding hydrogens is 236 g/mol. The Labute approximate surface area is 120 Å². The first kappa shape index (κ1) is 16.9. The van der Waals surface area contributed by atoms with Crippen LogP contribution in [0.5, 0.6) is 0 Å². The minimum Gasteiger partial charge on any atom is -0.381 e. The zero-order valence-corrected chi connectivity index (χ0v) is 14.1. The Hall–Kier alpha value is -0.120. The van der Waals surface area contributed by atoms with Gasteiger partial charge in [0.25, 0.3) is 0 Å². The lowest BCUT2D eigenvalue weighted by Gasteiger charge is -2.42. The van der Waals surface area contributed by atoms with Crippen LogP contribution in [-0.2, 0) is 4.74 Å². The van der Waals surface area contributed by atoms with Crippen molar-refractivity contribution in [2.24, 2.45) is 5.41 Å². The normalized spacial score (nSPS) is 25.3. The van der Waals surface area contributed by atoms with E-state index in [-0.39, 0.29) is 16.5 Å². The minimum atomic E-state index is 0.175. The Balaban J connectivity index is 2.67. The predicted molar refractivity (Wildman–Crippen MR) is 82.6 cm³/mol. The summed E-state index contributed by atoms with van der Waals surface area (Å²) >= 11 is 0. The lowest BCUT2D eigenvalue weighted by Crippen LogP contribution is -2.52. The van der Waals surface area contributed by atoms with Crippen molar-refractivity contribution in [1.82, 2.24) is 10.2 Å². The molecule has 1 heterocycles. The van der Waals surface area contributed by atoms with E-state index in [1.54, 1.807) is 0 Å². The first-order valence-corrected chi connectivity index (χ1v) is 7.64. The van der Waals surface area contributed by atoms with Crippen LogP contribution < -0.4 is 5.32 Å². The van der Waals surface area contributed by atoms with E-state index in [1.807, 2.05) is 0 Å². The Morgan fingerprint density at radius 3 is 2.26 bits per heavy atom. The molecule has 1 atom stereocenters. The lowest BCUT2D eigenvalue weighted by atomic mass is 9.84. The van der Waals surface area contributed by atoms with Crippen LogP contribution in [0.2, 0.25) is 0 Å². The van der Waals surface area contributed by atoms with Gasteiger partial charge in [0.15, 0.2) is 0 Å². The molecule has 1 aliphatic rings. The van der Waals surface area contributed by atoms with Crippen molar-refractivity contribution in [1.29, 1.82) is 0 Å². The quantitative estimate of drug-likeness (QED) is 0.803. The van der Waals surface area contributed by atoms with Gasteiger partial charge in [-0.2, -0.15) is 0 Å². The Bertz CT molecular complexity index is 275. The van der Waals surface area contributed by atoms with Gasteiger partial charge >= 0.3 is 0 Å². The van der Waals surface area contributed by atoms with Crippen molar-refractivity contribution in [2.75, 3.05) is 33.4 Å². The summed E-state index contributed by atoms with van der Waals surface area (Å²) < 4.78 is 5.71. The molecule has 1 fully saturated rings. The van der Waals surface area contributed by atoms with E-state index in [1.165, 1.54) is 12.8 Å². The highest BCUT2D eigenvalue weighted by molar-refractivity contribution is 4.92. The van der Waals surface area contributed by atoms with Gasteiger partial charge in [0.05, 0.1) is 6.61 Å². The smallest absolute Gasteiger partial charge is 0.0547 e. The molecule has 0 saturated carbocycles. The fourth-order valence-electron chi connectivity index (χ4n) is 2.41. The van der Waals surface area contributed by atoms with Gasteiger partial charge in [-0.3, -0.25) is 0 Å². The third-order valence-electron chi connectivity index (χ3n) is 4.65. The maximum atomic E-state index is 5.71. The molecule has 1 saturated heterocycles. The molecule has 0 spiro atoms. The van der Waals surface area contributed by atoms with E-state index < -0.39 is 0 Å². The van der Waals surface area contributed by atoms with Gasteiger partial charge in [-0.25, -0.2) is 0 Å². The maximum absolute atomic E-state index is 5.71. The summed E-state index contributed by atoms with van der Waals surface area (Å²) in [6.45, 7) is 17.6. The molecule has 1 aliphatic heterocycles. The van der Waals surface area contributed by atoms with Crippen LogP contribution in [0.25, 0.3) is 0 Å². The molecule has 1 unspecified atom stereocenters. The van der Waals surface area contributed by atoms with E-state index in [2.05, 4.69) is 58.8 Å². The largest absolute Gasteiger partial charge is 0.381 e. The number of nitrogens with zero attached hydrogens (tertiary/aromatic N) is 1. The highest BCUT2D eigenvalue weighted by Gasteiger charge is 2.39. The summed E-state index contributed by atoms with van der Waals surface area (Å²) in [7, 11) is 2.25. The van der Waals surface area contributed by atoms with Gasteiger partial charge in [0, 0.05) is 36.2 Å². The molecule has 114 valence electrons. The minimum absolute atomic E-state index is 0.175. The number of hydrogen-bond acceptors (Lipinski definition) is 3. The van der Waals surface area contributed by atoms with Crippen LogP contribution in [0.15, 0.2) is 0 Å². The average Bonchev–Trinajstić information content (AvgIpc) is 2.75. The summed E-state index contributed by atoms with van der Waals surface area (Å²) in [5.41, 5.74) is 0.709. The van der Waals surface area contributed by atoms with Crippen LogP contribution in [0.3, 0.4) is 0 Å². The summed E-state index contributed by atoms with van der Waals surface area (Å²) in [4.78, 5) is 2.51. The van der Waals surface area contributed by atoms with Crippen LogP contribution in [0, 0.1) is 5.41 Å². The van der Waals surface area contributed by atoms with E-state index in [0.717, 1.165) is 26.3 Å². The highest BCUT2D eigenvalue weighted by Crippen LogP contribution is 2.32. The molecule has 0 bridgehead atoms. The van der Waals surface area contributed by atoms with E-state index in [9.17, 15) is 0 Å². The third-order valence-corrected chi connectivity index (χ3v) is 4.65. The monoisotopic (exact) mass is 270 g/mol. The third kappa shape index (κ3) is 5.05. The SMILES string of the molecule is CCC(C)(C)N(C)CC1(CNC(C)(C)C)CCOC1. The molecule has 0 aromatic heterocycles. The standard InChI is InChI=1S/C16H34N2O/c1-8-15(5,6)18(7)12-16(9-10-19-13-16)11-17-14(2,3)4/h17H,8-13H2,1-7H3. The van der Waals surface area contributed by atoms with Crippen LogP contribution in [0.1, 0.15) is 54.4 Å². The second-order valence-corrected chi connectivity index (χ2v) is 7.93. The highest BCUT2D eigenvalue weighted by atomic mass is 16.5. The Morgan fingerprint density at radius 1 is 1.21 bits per heavy atom. The molecule has 3 heteroatoms. The number of rotatable bonds is 6. The van der Waals surface area contributed by atoms with E-state index in [4.69, 9.17) is 4.74 Å². The van der Waals surface area contributed by atoms with Crippen molar-refractivity contribution in [3.63, 3.8) is 0 Å². The van der Waals surface area contributed by atoms with E-state index in [0.29, 0.717) is 0 Å². The van der Waals surface area contributed by atoms with Gasteiger partial charge in [0.2, 0.25) is 0 Å². The van der Waals surface area contributed by atoms with Crippen molar-refractivity contribution < 1.29 is 4.74 Å². The molecule has 19 heavy (non-hydrogen) atoms. The van der Waals surface area contributed by atoms with Gasteiger partial charge in [-0.05, 0) is 54.5 Å². The van der Waals surface area contributed by atoms with Crippen LogP contribution >= 0.6 is 0 Å². The number of hydrogen-bond donors (Lipinski definition) is 1. The zero-order chi connectivity index (χ0) is 14.7. The second kappa shape index (κ2) is 6.11. The average molecular weight is 270 g/mol. The first-order chi connectivity index (χ1) is 8.60. The van der Waals surface area contributed by atoms with Crippen molar-refractivity contribution in [3.8, 4) is 0 Å². The molecule has 1 rings (SSSR count).